The number of rotatable bonds is 4. The summed E-state index contributed by atoms with van der Waals surface area (Å²) in [6, 6.07) is 11.2. The molecule has 1 nitrogen and oxygen atoms in total. The first-order valence-electron chi connectivity index (χ1n) is 5.97. The van der Waals surface area contributed by atoms with Gasteiger partial charge in [0.25, 0.3) is 0 Å². The molecule has 2 rings (SSSR count). The van der Waals surface area contributed by atoms with Crippen molar-refractivity contribution >= 4 is 17.4 Å². The number of hydrogen-bond donors (Lipinski definition) is 1. The smallest absolute Gasteiger partial charge is 0.131 e. The number of hydrogen-bond acceptors (Lipinski definition) is 2. The zero-order valence-corrected chi connectivity index (χ0v) is 11.6. The normalized spacial score (nSPS) is 12.2. The Labute approximate surface area is 116 Å². The topological polar surface area (TPSA) is 12.0 Å². The van der Waals surface area contributed by atoms with Gasteiger partial charge in [-0.05, 0) is 37.4 Å². The molecule has 0 aliphatic heterocycles. The Kier molecular flexibility index (Phi) is 4.43. The minimum atomic E-state index is -0.526. The lowest BCUT2D eigenvalue weighted by Gasteiger charge is -2.18. The van der Waals surface area contributed by atoms with Crippen LogP contribution in [-0.4, -0.2) is 6.26 Å². The number of para-hydroxylation sites is 1. The van der Waals surface area contributed by atoms with Crippen LogP contribution in [0.3, 0.4) is 0 Å². The van der Waals surface area contributed by atoms with Crippen molar-refractivity contribution < 1.29 is 8.78 Å². The van der Waals surface area contributed by atoms with Crippen molar-refractivity contribution in [2.75, 3.05) is 11.6 Å². The quantitative estimate of drug-likeness (QED) is 0.802. The van der Waals surface area contributed by atoms with Crippen molar-refractivity contribution in [1.29, 1.82) is 0 Å². The lowest BCUT2D eigenvalue weighted by molar-refractivity contribution is 0.544. The van der Waals surface area contributed by atoms with Crippen LogP contribution in [0.25, 0.3) is 0 Å². The molecule has 1 N–H and O–H groups in total. The van der Waals surface area contributed by atoms with Crippen LogP contribution in [0.15, 0.2) is 47.4 Å². The third-order valence-electron chi connectivity index (χ3n) is 2.91. The number of thioether (sulfide) groups is 1. The van der Waals surface area contributed by atoms with Crippen molar-refractivity contribution in [1.82, 2.24) is 0 Å². The lowest BCUT2D eigenvalue weighted by atomic mass is 10.1. The molecule has 0 radical (unpaired) electrons. The molecule has 1 atom stereocenters. The van der Waals surface area contributed by atoms with Crippen molar-refractivity contribution in [3.63, 3.8) is 0 Å². The van der Waals surface area contributed by atoms with E-state index < -0.39 is 17.7 Å². The maximum atomic E-state index is 13.7. The van der Waals surface area contributed by atoms with Crippen LogP contribution in [0.4, 0.5) is 14.5 Å². The molecular formula is C15H15F2NS. The highest BCUT2D eigenvalue weighted by Crippen LogP contribution is 2.29. The van der Waals surface area contributed by atoms with Crippen molar-refractivity contribution in [3.8, 4) is 0 Å². The summed E-state index contributed by atoms with van der Waals surface area (Å²) < 4.78 is 27.4. The number of nitrogens with one attached hydrogen (secondary N) is 1. The minimum absolute atomic E-state index is 0.0680. The van der Waals surface area contributed by atoms with Gasteiger partial charge in [0.15, 0.2) is 0 Å². The Morgan fingerprint density at radius 1 is 1.00 bits per heavy atom. The summed E-state index contributed by atoms with van der Waals surface area (Å²) in [5, 5.41) is 3.16. The van der Waals surface area contributed by atoms with E-state index >= 15 is 0 Å². The Morgan fingerprint density at radius 2 is 1.63 bits per heavy atom. The fourth-order valence-corrected chi connectivity index (χ4v) is 2.56. The molecule has 0 aliphatic carbocycles. The average Bonchev–Trinajstić information content (AvgIpc) is 2.39. The van der Waals surface area contributed by atoms with Crippen LogP contribution in [0.1, 0.15) is 18.5 Å². The van der Waals surface area contributed by atoms with Gasteiger partial charge < -0.3 is 5.32 Å². The van der Waals surface area contributed by atoms with E-state index in [1.807, 2.05) is 30.5 Å². The molecule has 0 spiro atoms. The molecular weight excluding hydrogens is 264 g/mol. The fourth-order valence-electron chi connectivity index (χ4n) is 1.99. The summed E-state index contributed by atoms with van der Waals surface area (Å²) in [5.41, 5.74) is 0.948. The molecule has 0 saturated heterocycles. The van der Waals surface area contributed by atoms with Crippen molar-refractivity contribution in [2.24, 2.45) is 0 Å². The lowest BCUT2D eigenvalue weighted by Crippen LogP contribution is -2.11. The van der Waals surface area contributed by atoms with Crippen LogP contribution in [0.5, 0.6) is 0 Å². The van der Waals surface area contributed by atoms with Crippen LogP contribution in [0, 0.1) is 11.6 Å². The molecule has 100 valence electrons. The fraction of sp³-hybridized carbons (Fsp3) is 0.200. The predicted molar refractivity (Wildman–Crippen MR) is 76.6 cm³/mol. The van der Waals surface area contributed by atoms with Crippen LogP contribution < -0.4 is 5.32 Å². The second-order valence-corrected chi connectivity index (χ2v) is 5.05. The van der Waals surface area contributed by atoms with Gasteiger partial charge in [0.05, 0.1) is 6.04 Å². The van der Waals surface area contributed by atoms with Crippen molar-refractivity contribution in [2.45, 2.75) is 17.9 Å². The average molecular weight is 279 g/mol. The van der Waals surface area contributed by atoms with Gasteiger partial charge in [-0.2, -0.15) is 0 Å². The highest BCUT2D eigenvalue weighted by molar-refractivity contribution is 7.98. The van der Waals surface area contributed by atoms with Gasteiger partial charge >= 0.3 is 0 Å². The summed E-state index contributed by atoms with van der Waals surface area (Å²) in [6.45, 7) is 1.75. The predicted octanol–water partition coefficient (Wildman–Crippen LogP) is 4.86. The first-order valence-corrected chi connectivity index (χ1v) is 7.19. The van der Waals surface area contributed by atoms with Gasteiger partial charge in [0.2, 0.25) is 0 Å². The summed E-state index contributed by atoms with van der Waals surface area (Å²) in [5.74, 6) is -1.05. The first-order chi connectivity index (χ1) is 9.13. The molecule has 0 heterocycles. The van der Waals surface area contributed by atoms with E-state index in [0.29, 0.717) is 0 Å². The Morgan fingerprint density at radius 3 is 2.26 bits per heavy atom. The monoisotopic (exact) mass is 279 g/mol. The van der Waals surface area contributed by atoms with E-state index in [2.05, 4.69) is 5.32 Å². The van der Waals surface area contributed by atoms with E-state index in [1.165, 1.54) is 18.2 Å². The second-order valence-electron chi connectivity index (χ2n) is 4.20. The summed E-state index contributed by atoms with van der Waals surface area (Å²) in [6.07, 6.45) is 1.97. The Hall–Kier alpha value is -1.55. The molecule has 1 unspecified atom stereocenters. The van der Waals surface area contributed by atoms with Gasteiger partial charge in [-0.3, -0.25) is 0 Å². The summed E-state index contributed by atoms with van der Waals surface area (Å²) in [7, 11) is 0. The van der Waals surface area contributed by atoms with Gasteiger partial charge in [-0.25, -0.2) is 8.78 Å². The maximum absolute atomic E-state index is 13.7. The molecule has 0 fully saturated rings. The number of halogens is 2. The maximum Gasteiger partial charge on any atom is 0.131 e. The molecule has 0 bridgehead atoms. The number of anilines is 1. The zero-order valence-electron chi connectivity index (χ0n) is 10.8. The molecule has 0 aliphatic rings. The molecule has 4 heteroatoms. The molecule has 2 aromatic rings. The van der Waals surface area contributed by atoms with Gasteiger partial charge in [0, 0.05) is 16.1 Å². The van der Waals surface area contributed by atoms with Crippen LogP contribution in [0.2, 0.25) is 0 Å². The number of benzene rings is 2. The van der Waals surface area contributed by atoms with Gasteiger partial charge in [-0.15, -0.1) is 11.8 Å². The molecule has 0 amide bonds. The molecule has 0 aromatic heterocycles. The van der Waals surface area contributed by atoms with Gasteiger partial charge in [0.1, 0.15) is 11.6 Å². The highest BCUT2D eigenvalue weighted by Gasteiger charge is 2.16. The van der Waals surface area contributed by atoms with E-state index in [-0.39, 0.29) is 5.56 Å². The SMILES string of the molecule is CSc1ccccc1NC(C)c1c(F)cccc1F. The highest BCUT2D eigenvalue weighted by atomic mass is 32.2. The summed E-state index contributed by atoms with van der Waals surface area (Å²) in [4.78, 5) is 1.05. The molecule has 2 aromatic carbocycles. The Balaban J connectivity index is 2.28. The third-order valence-corrected chi connectivity index (χ3v) is 3.71. The molecule has 0 saturated carbocycles. The van der Waals surface area contributed by atoms with E-state index in [4.69, 9.17) is 0 Å². The van der Waals surface area contributed by atoms with Crippen LogP contribution >= 0.6 is 11.8 Å². The third kappa shape index (κ3) is 3.07. The van der Waals surface area contributed by atoms with Gasteiger partial charge in [-0.1, -0.05) is 18.2 Å². The van der Waals surface area contributed by atoms with Crippen LogP contribution in [-0.2, 0) is 0 Å². The summed E-state index contributed by atoms with van der Waals surface area (Å²) >= 11 is 1.59. The first kappa shape index (κ1) is 13.9. The largest absolute Gasteiger partial charge is 0.377 e. The van der Waals surface area contributed by atoms with E-state index in [9.17, 15) is 8.78 Å². The molecule has 19 heavy (non-hydrogen) atoms. The minimum Gasteiger partial charge on any atom is -0.377 e. The van der Waals surface area contributed by atoms with Crippen molar-refractivity contribution in [3.05, 3.63) is 59.7 Å². The van der Waals surface area contributed by atoms with E-state index in [0.717, 1.165) is 10.6 Å². The van der Waals surface area contributed by atoms with E-state index in [1.54, 1.807) is 18.7 Å². The zero-order chi connectivity index (χ0) is 13.8. The Bertz CT molecular complexity index is 552. The second kappa shape index (κ2) is 6.06. The standard InChI is InChI=1S/C15H15F2NS/c1-10(15-11(16)6-5-7-12(15)17)18-13-8-3-4-9-14(13)19-2/h3-10,18H,1-2H3.